The number of benzene rings is 1. The summed E-state index contributed by atoms with van der Waals surface area (Å²) in [6, 6.07) is 10.3. The smallest absolute Gasteiger partial charge is 0.240 e. The van der Waals surface area contributed by atoms with Crippen LogP contribution in [-0.4, -0.2) is 51.7 Å². The quantitative estimate of drug-likeness (QED) is 0.847. The summed E-state index contributed by atoms with van der Waals surface area (Å²) in [4.78, 5) is 9.91. The Hall–Kier alpha value is -1.72. The van der Waals surface area contributed by atoms with E-state index in [0.29, 0.717) is 12.1 Å². The zero-order valence-corrected chi connectivity index (χ0v) is 15.6. The zero-order chi connectivity index (χ0) is 17.5. The maximum Gasteiger partial charge on any atom is 0.240 e. The number of nitrogens with zero attached hydrogens (tertiary/aromatic N) is 4. The van der Waals surface area contributed by atoms with E-state index >= 15 is 0 Å². The highest BCUT2D eigenvalue weighted by Crippen LogP contribution is 2.33. The highest BCUT2D eigenvalue weighted by molar-refractivity contribution is 5.33. The molecule has 0 N–H and O–H groups in total. The van der Waals surface area contributed by atoms with Gasteiger partial charge in [0.1, 0.15) is 0 Å². The molecule has 6 rings (SSSR count). The van der Waals surface area contributed by atoms with Gasteiger partial charge in [-0.05, 0) is 42.7 Å². The minimum atomic E-state index is 0.620. The van der Waals surface area contributed by atoms with Gasteiger partial charge in [-0.25, -0.2) is 0 Å². The van der Waals surface area contributed by atoms with E-state index in [1.54, 1.807) is 11.1 Å². The molecule has 0 amide bonds. The number of aromatic nitrogens is 2. The Labute approximate surface area is 155 Å². The molecule has 138 valence electrons. The van der Waals surface area contributed by atoms with Crippen molar-refractivity contribution in [3.8, 4) is 0 Å². The summed E-state index contributed by atoms with van der Waals surface area (Å²) in [5, 5.41) is 4.06. The lowest BCUT2D eigenvalue weighted by atomic mass is 9.95. The zero-order valence-electron chi connectivity index (χ0n) is 15.6. The molecule has 1 aromatic carbocycles. The Balaban J connectivity index is 1.28. The van der Waals surface area contributed by atoms with Crippen LogP contribution in [0, 0.1) is 5.92 Å². The minimum absolute atomic E-state index is 0.620. The molecular formula is C21H28N4O. The fourth-order valence-corrected chi connectivity index (χ4v) is 5.17. The third-order valence-corrected chi connectivity index (χ3v) is 6.57. The SMILES string of the molecule is CCc1noc(CN2C[C@@H]3CC[C@H]2CN(C2Cc4ccccc4C2)C3)n1. The molecule has 1 aromatic heterocycles. The Morgan fingerprint density at radius 1 is 1.04 bits per heavy atom. The van der Waals surface area contributed by atoms with E-state index in [4.69, 9.17) is 4.52 Å². The highest BCUT2D eigenvalue weighted by Gasteiger charge is 2.38. The van der Waals surface area contributed by atoms with Crippen LogP contribution in [0.3, 0.4) is 0 Å². The summed E-state index contributed by atoms with van der Waals surface area (Å²) in [5.41, 5.74) is 3.12. The molecule has 26 heavy (non-hydrogen) atoms. The molecular weight excluding hydrogens is 324 g/mol. The summed E-state index contributed by atoms with van der Waals surface area (Å²) in [6.45, 7) is 6.48. The maximum absolute atomic E-state index is 5.46. The lowest BCUT2D eigenvalue weighted by Crippen LogP contribution is -2.44. The number of hydrogen-bond acceptors (Lipinski definition) is 5. The van der Waals surface area contributed by atoms with Gasteiger partial charge in [-0.15, -0.1) is 0 Å². The summed E-state index contributed by atoms with van der Waals surface area (Å²) in [7, 11) is 0. The Morgan fingerprint density at radius 2 is 1.85 bits per heavy atom. The largest absolute Gasteiger partial charge is 0.338 e. The predicted molar refractivity (Wildman–Crippen MR) is 99.8 cm³/mol. The summed E-state index contributed by atoms with van der Waals surface area (Å²) in [5.74, 6) is 2.38. The van der Waals surface area contributed by atoms with Crippen molar-refractivity contribution < 1.29 is 4.52 Å². The van der Waals surface area contributed by atoms with Gasteiger partial charge in [-0.2, -0.15) is 4.98 Å². The van der Waals surface area contributed by atoms with Gasteiger partial charge in [0.25, 0.3) is 0 Å². The van der Waals surface area contributed by atoms with E-state index < -0.39 is 0 Å². The molecule has 2 bridgehead atoms. The maximum atomic E-state index is 5.46. The van der Waals surface area contributed by atoms with E-state index in [-0.39, 0.29) is 0 Å². The van der Waals surface area contributed by atoms with Crippen LogP contribution < -0.4 is 0 Å². The molecule has 0 spiro atoms. The van der Waals surface area contributed by atoms with Crippen LogP contribution in [0.4, 0.5) is 0 Å². The van der Waals surface area contributed by atoms with Gasteiger partial charge >= 0.3 is 0 Å². The van der Waals surface area contributed by atoms with Gasteiger partial charge in [0.15, 0.2) is 5.82 Å². The Morgan fingerprint density at radius 3 is 2.58 bits per heavy atom. The molecule has 0 saturated carbocycles. The van der Waals surface area contributed by atoms with Crippen molar-refractivity contribution in [1.29, 1.82) is 0 Å². The van der Waals surface area contributed by atoms with Crippen molar-refractivity contribution in [1.82, 2.24) is 19.9 Å². The van der Waals surface area contributed by atoms with Crippen molar-refractivity contribution in [2.24, 2.45) is 5.92 Å². The van der Waals surface area contributed by atoms with Crippen LogP contribution in [0.5, 0.6) is 0 Å². The number of hydrogen-bond donors (Lipinski definition) is 0. The van der Waals surface area contributed by atoms with Gasteiger partial charge in [0, 0.05) is 38.1 Å². The molecule has 0 unspecified atom stereocenters. The van der Waals surface area contributed by atoms with Gasteiger partial charge in [-0.3, -0.25) is 9.80 Å². The molecule has 3 fully saturated rings. The number of aryl methyl sites for hydroxylation is 1. The minimum Gasteiger partial charge on any atom is -0.338 e. The Bertz CT molecular complexity index is 748. The average Bonchev–Trinajstić information content (AvgIpc) is 3.20. The molecule has 2 atom stereocenters. The summed E-state index contributed by atoms with van der Waals surface area (Å²) < 4.78 is 5.46. The molecule has 1 aliphatic carbocycles. The number of fused-ring (bicyclic) bond motifs is 5. The lowest BCUT2D eigenvalue weighted by molar-refractivity contribution is 0.107. The lowest BCUT2D eigenvalue weighted by Gasteiger charge is -2.35. The van der Waals surface area contributed by atoms with Gasteiger partial charge in [0.05, 0.1) is 6.54 Å². The standard InChI is InChI=1S/C21H28N4O/c1-2-20-22-21(26-23-20)14-25-12-15-7-8-18(25)13-24(11-15)19-9-16-5-3-4-6-17(16)10-19/h3-6,15,18-19H,2,7-14H2,1H3/t15-,18+/m1/s1. The average molecular weight is 352 g/mol. The van der Waals surface area contributed by atoms with Crippen molar-refractivity contribution >= 4 is 0 Å². The second kappa shape index (κ2) is 6.78. The molecule has 3 saturated heterocycles. The van der Waals surface area contributed by atoms with E-state index in [9.17, 15) is 0 Å². The Kier molecular flexibility index (Phi) is 4.29. The normalized spacial score (nSPS) is 27.0. The van der Waals surface area contributed by atoms with E-state index in [1.807, 2.05) is 0 Å². The first-order chi connectivity index (χ1) is 12.8. The van der Waals surface area contributed by atoms with Crippen LogP contribution in [0.15, 0.2) is 28.8 Å². The van der Waals surface area contributed by atoms with Crippen molar-refractivity contribution in [2.75, 3.05) is 19.6 Å². The van der Waals surface area contributed by atoms with Crippen molar-refractivity contribution in [3.63, 3.8) is 0 Å². The molecule has 0 radical (unpaired) electrons. The van der Waals surface area contributed by atoms with Gasteiger partial charge in [0.2, 0.25) is 5.89 Å². The predicted octanol–water partition coefficient (Wildman–Crippen LogP) is 2.70. The first-order valence-corrected chi connectivity index (χ1v) is 10.1. The second-order valence-electron chi connectivity index (χ2n) is 8.27. The first-order valence-electron chi connectivity index (χ1n) is 10.1. The molecule has 5 nitrogen and oxygen atoms in total. The summed E-state index contributed by atoms with van der Waals surface area (Å²) >= 11 is 0. The van der Waals surface area contributed by atoms with Crippen LogP contribution in [-0.2, 0) is 25.8 Å². The van der Waals surface area contributed by atoms with Crippen LogP contribution in [0.2, 0.25) is 0 Å². The fraction of sp³-hybridized carbons (Fsp3) is 0.619. The second-order valence-corrected chi connectivity index (χ2v) is 8.27. The van der Waals surface area contributed by atoms with E-state index in [2.05, 4.69) is 51.1 Å². The molecule has 4 aliphatic rings. The van der Waals surface area contributed by atoms with Crippen LogP contribution in [0.1, 0.15) is 42.6 Å². The van der Waals surface area contributed by atoms with E-state index in [0.717, 1.165) is 30.6 Å². The third kappa shape index (κ3) is 3.08. The van der Waals surface area contributed by atoms with Crippen LogP contribution in [0.25, 0.3) is 0 Å². The molecule has 5 heteroatoms. The topological polar surface area (TPSA) is 45.4 Å². The first kappa shape index (κ1) is 16.5. The van der Waals surface area contributed by atoms with Crippen LogP contribution >= 0.6 is 0 Å². The number of piperidine rings is 1. The molecule has 2 aromatic rings. The monoisotopic (exact) mass is 352 g/mol. The molecule has 3 aliphatic heterocycles. The van der Waals surface area contributed by atoms with Crippen molar-refractivity contribution in [3.05, 3.63) is 47.1 Å². The van der Waals surface area contributed by atoms with Gasteiger partial charge < -0.3 is 4.52 Å². The highest BCUT2D eigenvalue weighted by atomic mass is 16.5. The molecule has 4 heterocycles. The third-order valence-electron chi connectivity index (χ3n) is 6.57. The number of rotatable bonds is 4. The van der Waals surface area contributed by atoms with Crippen molar-refractivity contribution in [2.45, 2.75) is 57.7 Å². The van der Waals surface area contributed by atoms with E-state index in [1.165, 1.54) is 45.3 Å². The van der Waals surface area contributed by atoms with Gasteiger partial charge in [-0.1, -0.05) is 36.3 Å². The fourth-order valence-electron chi connectivity index (χ4n) is 5.17. The summed E-state index contributed by atoms with van der Waals surface area (Å²) in [6.07, 6.45) is 5.95.